The van der Waals surface area contributed by atoms with Crippen molar-refractivity contribution >= 4 is 17.7 Å². The Morgan fingerprint density at radius 2 is 2.12 bits per heavy atom. The molecule has 1 heterocycles. The molecule has 134 valence electrons. The lowest BCUT2D eigenvalue weighted by atomic mass is 10.2. The molecule has 1 fully saturated rings. The second-order valence-electron chi connectivity index (χ2n) is 5.75. The third-order valence-electron chi connectivity index (χ3n) is 4.11. The third-order valence-corrected chi connectivity index (χ3v) is 5.03. The van der Waals surface area contributed by atoms with Crippen LogP contribution in [0.15, 0.2) is 23.4 Å². The maximum absolute atomic E-state index is 12.1. The molecule has 0 spiro atoms. The normalized spacial score (nSPS) is 14.5. The lowest BCUT2D eigenvalue weighted by Crippen LogP contribution is -2.33. The summed E-state index contributed by atoms with van der Waals surface area (Å²) in [6, 6.07) is 5.69. The first-order valence-electron chi connectivity index (χ1n) is 8.14. The lowest BCUT2D eigenvalue weighted by molar-refractivity contribution is -0.119. The van der Waals surface area contributed by atoms with Gasteiger partial charge in [0.1, 0.15) is 17.2 Å². The number of carbonyl (C=O) groups excluding carboxylic acids is 1. The fourth-order valence-electron chi connectivity index (χ4n) is 2.85. The van der Waals surface area contributed by atoms with E-state index >= 15 is 0 Å². The second-order valence-corrected chi connectivity index (χ2v) is 6.69. The smallest absolute Gasteiger partial charge is 0.230 e. The monoisotopic (exact) mass is 363 g/mol. The minimum Gasteiger partial charge on any atom is -0.497 e. The summed E-state index contributed by atoms with van der Waals surface area (Å²) in [6.45, 7) is 0. The minimum absolute atomic E-state index is 0.00376. The second kappa shape index (κ2) is 8.19. The number of hydrogen-bond donors (Lipinski definition) is 1. The Morgan fingerprint density at radius 3 is 2.84 bits per heavy atom. The summed E-state index contributed by atoms with van der Waals surface area (Å²) in [5.74, 6) is 1.55. The zero-order valence-corrected chi connectivity index (χ0v) is 15.1. The van der Waals surface area contributed by atoms with E-state index < -0.39 is 0 Å². The number of aromatic nitrogens is 4. The van der Waals surface area contributed by atoms with Crippen LogP contribution in [-0.4, -0.2) is 52.1 Å². The van der Waals surface area contributed by atoms with E-state index in [4.69, 9.17) is 9.47 Å². The molecule has 3 rings (SSSR count). The topological polar surface area (TPSA) is 91.2 Å². The van der Waals surface area contributed by atoms with Crippen LogP contribution in [0, 0.1) is 0 Å². The molecular weight excluding hydrogens is 342 g/mol. The zero-order valence-electron chi connectivity index (χ0n) is 14.3. The van der Waals surface area contributed by atoms with E-state index in [1.54, 1.807) is 37.1 Å². The van der Waals surface area contributed by atoms with Crippen LogP contribution in [0.5, 0.6) is 11.5 Å². The third kappa shape index (κ3) is 4.22. The average Bonchev–Trinajstić information content (AvgIpc) is 3.31. The lowest BCUT2D eigenvalue weighted by Gasteiger charge is -2.12. The number of carbonyl (C=O) groups is 1. The number of thioether (sulfide) groups is 1. The van der Waals surface area contributed by atoms with Crippen LogP contribution >= 0.6 is 11.8 Å². The van der Waals surface area contributed by atoms with Crippen molar-refractivity contribution in [2.24, 2.45) is 0 Å². The van der Waals surface area contributed by atoms with Crippen molar-refractivity contribution in [2.75, 3.05) is 20.0 Å². The molecule has 1 aromatic heterocycles. The summed E-state index contributed by atoms with van der Waals surface area (Å²) < 4.78 is 12.2. The summed E-state index contributed by atoms with van der Waals surface area (Å²) in [4.78, 5) is 12.1. The first-order chi connectivity index (χ1) is 12.2. The van der Waals surface area contributed by atoms with Crippen molar-refractivity contribution in [3.63, 3.8) is 0 Å². The van der Waals surface area contributed by atoms with Gasteiger partial charge in [-0.1, -0.05) is 24.6 Å². The Morgan fingerprint density at radius 1 is 1.32 bits per heavy atom. The van der Waals surface area contributed by atoms with Gasteiger partial charge in [0.25, 0.3) is 0 Å². The van der Waals surface area contributed by atoms with Crippen LogP contribution in [0.25, 0.3) is 5.69 Å². The number of amides is 1. The number of rotatable bonds is 7. The molecule has 9 heteroatoms. The molecule has 0 unspecified atom stereocenters. The largest absolute Gasteiger partial charge is 0.497 e. The van der Waals surface area contributed by atoms with E-state index in [1.807, 2.05) is 0 Å². The molecule has 1 amide bonds. The van der Waals surface area contributed by atoms with E-state index in [2.05, 4.69) is 20.8 Å². The molecule has 1 aliphatic carbocycles. The predicted molar refractivity (Wildman–Crippen MR) is 93.4 cm³/mol. The van der Waals surface area contributed by atoms with Crippen LogP contribution in [0.4, 0.5) is 0 Å². The Hall–Kier alpha value is -2.29. The quantitative estimate of drug-likeness (QED) is 0.750. The molecule has 0 saturated heterocycles. The molecule has 1 aromatic carbocycles. The van der Waals surface area contributed by atoms with Gasteiger partial charge in [0.05, 0.1) is 20.0 Å². The summed E-state index contributed by atoms with van der Waals surface area (Å²) in [7, 11) is 3.17. The van der Waals surface area contributed by atoms with E-state index in [0.717, 1.165) is 12.8 Å². The predicted octanol–water partition coefficient (Wildman–Crippen LogP) is 1.83. The first-order valence-corrected chi connectivity index (χ1v) is 9.12. The fourth-order valence-corrected chi connectivity index (χ4v) is 3.55. The number of benzene rings is 1. The van der Waals surface area contributed by atoms with Gasteiger partial charge in [0.2, 0.25) is 11.1 Å². The van der Waals surface area contributed by atoms with Crippen LogP contribution in [0.1, 0.15) is 25.7 Å². The number of tetrazole rings is 1. The summed E-state index contributed by atoms with van der Waals surface area (Å²) in [5.41, 5.74) is 0.658. The summed E-state index contributed by atoms with van der Waals surface area (Å²) in [6.07, 6.45) is 4.50. The standard InChI is InChI=1S/C16H21N5O3S/c1-23-12-7-8-14(24-2)13(9-12)21-16(18-19-20-21)25-10-15(22)17-11-5-3-4-6-11/h7-9,11H,3-6,10H2,1-2H3,(H,17,22). The van der Waals surface area contributed by atoms with E-state index in [-0.39, 0.29) is 11.7 Å². The SMILES string of the molecule is COc1ccc(OC)c(-n2nnnc2SCC(=O)NC2CCCC2)c1. The Labute approximate surface area is 150 Å². The highest BCUT2D eigenvalue weighted by Gasteiger charge is 2.19. The minimum atomic E-state index is 0.00376. The van der Waals surface area contributed by atoms with E-state index in [1.165, 1.54) is 24.6 Å². The molecule has 1 aliphatic rings. The number of ether oxygens (including phenoxy) is 2. The molecular formula is C16H21N5O3S. The van der Waals surface area contributed by atoms with Crippen LogP contribution in [0.2, 0.25) is 0 Å². The van der Waals surface area contributed by atoms with Gasteiger partial charge in [-0.05, 0) is 35.4 Å². The maximum Gasteiger partial charge on any atom is 0.230 e. The number of hydrogen-bond acceptors (Lipinski definition) is 7. The summed E-state index contributed by atoms with van der Waals surface area (Å²) >= 11 is 1.29. The molecule has 1 N–H and O–H groups in total. The molecule has 25 heavy (non-hydrogen) atoms. The number of methoxy groups -OCH3 is 2. The maximum atomic E-state index is 12.1. The number of nitrogens with one attached hydrogen (secondary N) is 1. The van der Waals surface area contributed by atoms with Crippen LogP contribution in [-0.2, 0) is 4.79 Å². The molecule has 0 bridgehead atoms. The van der Waals surface area contributed by atoms with Gasteiger partial charge in [0, 0.05) is 12.1 Å². The van der Waals surface area contributed by atoms with Crippen molar-refractivity contribution in [3.05, 3.63) is 18.2 Å². The highest BCUT2D eigenvalue weighted by Crippen LogP contribution is 2.29. The van der Waals surface area contributed by atoms with E-state index in [0.29, 0.717) is 28.4 Å². The molecule has 0 atom stereocenters. The van der Waals surface area contributed by atoms with Gasteiger partial charge in [-0.15, -0.1) is 5.10 Å². The van der Waals surface area contributed by atoms with Gasteiger partial charge in [-0.25, -0.2) is 0 Å². The van der Waals surface area contributed by atoms with Gasteiger partial charge in [-0.3, -0.25) is 4.79 Å². The summed E-state index contributed by atoms with van der Waals surface area (Å²) in [5, 5.41) is 15.3. The Balaban J connectivity index is 1.71. The molecule has 8 nitrogen and oxygen atoms in total. The van der Waals surface area contributed by atoms with Crippen LogP contribution in [0.3, 0.4) is 0 Å². The highest BCUT2D eigenvalue weighted by molar-refractivity contribution is 7.99. The van der Waals surface area contributed by atoms with Crippen molar-refractivity contribution in [3.8, 4) is 17.2 Å². The Kier molecular flexibility index (Phi) is 5.75. The molecule has 2 aromatic rings. The van der Waals surface area contributed by atoms with Crippen molar-refractivity contribution in [2.45, 2.75) is 36.9 Å². The van der Waals surface area contributed by atoms with Gasteiger partial charge in [0.15, 0.2) is 0 Å². The molecule has 0 aliphatic heterocycles. The average molecular weight is 363 g/mol. The van der Waals surface area contributed by atoms with Crippen molar-refractivity contribution in [1.82, 2.24) is 25.5 Å². The van der Waals surface area contributed by atoms with Gasteiger partial charge < -0.3 is 14.8 Å². The van der Waals surface area contributed by atoms with Gasteiger partial charge in [-0.2, -0.15) is 4.68 Å². The first kappa shape index (κ1) is 17.5. The van der Waals surface area contributed by atoms with Crippen molar-refractivity contribution < 1.29 is 14.3 Å². The van der Waals surface area contributed by atoms with E-state index in [9.17, 15) is 4.79 Å². The molecule has 0 radical (unpaired) electrons. The fraction of sp³-hybridized carbons (Fsp3) is 0.500. The molecule has 1 saturated carbocycles. The number of nitrogens with zero attached hydrogens (tertiary/aromatic N) is 4. The van der Waals surface area contributed by atoms with Gasteiger partial charge >= 0.3 is 0 Å². The zero-order chi connectivity index (χ0) is 17.6. The highest BCUT2D eigenvalue weighted by atomic mass is 32.2. The van der Waals surface area contributed by atoms with Crippen molar-refractivity contribution in [1.29, 1.82) is 0 Å². The Bertz CT molecular complexity index is 730. The van der Waals surface area contributed by atoms with Crippen LogP contribution < -0.4 is 14.8 Å².